The Hall–Kier alpha value is -1.32. The number of hydrogen-bond donors (Lipinski definition) is 1. The van der Waals surface area contributed by atoms with Crippen molar-refractivity contribution in [2.75, 3.05) is 0 Å². The standard InChI is InChI=1S/C9H13N3O/c1-6-8(9(10)13)5-12(11-6)7-3-2-4-7/h5,7H,2-4H2,1H3,(H2,10,13). The molecule has 2 N–H and O–H groups in total. The summed E-state index contributed by atoms with van der Waals surface area (Å²) in [6, 6.07) is 0.492. The lowest BCUT2D eigenvalue weighted by Crippen LogP contribution is -2.17. The van der Waals surface area contributed by atoms with Crippen molar-refractivity contribution in [3.63, 3.8) is 0 Å². The van der Waals surface area contributed by atoms with E-state index in [0.29, 0.717) is 11.6 Å². The van der Waals surface area contributed by atoms with Crippen molar-refractivity contribution >= 4 is 5.91 Å². The fourth-order valence-corrected chi connectivity index (χ4v) is 1.56. The quantitative estimate of drug-likeness (QED) is 0.736. The number of carbonyl (C=O) groups excluding carboxylic acids is 1. The molecule has 4 nitrogen and oxygen atoms in total. The van der Waals surface area contributed by atoms with Crippen molar-refractivity contribution in [1.29, 1.82) is 0 Å². The SMILES string of the molecule is Cc1nn(C2CCC2)cc1C(N)=O. The number of aryl methyl sites for hydroxylation is 1. The topological polar surface area (TPSA) is 60.9 Å². The molecule has 0 unspecified atom stereocenters. The molecule has 1 aromatic heterocycles. The van der Waals surface area contributed by atoms with Gasteiger partial charge < -0.3 is 5.73 Å². The van der Waals surface area contributed by atoms with Crippen LogP contribution in [0.2, 0.25) is 0 Å². The summed E-state index contributed by atoms with van der Waals surface area (Å²) in [6.45, 7) is 1.81. The van der Waals surface area contributed by atoms with Crippen LogP contribution < -0.4 is 5.73 Å². The van der Waals surface area contributed by atoms with Gasteiger partial charge in [-0.15, -0.1) is 0 Å². The number of rotatable bonds is 2. The first-order chi connectivity index (χ1) is 6.18. The highest BCUT2D eigenvalue weighted by Gasteiger charge is 2.22. The van der Waals surface area contributed by atoms with Gasteiger partial charge in [0.1, 0.15) is 0 Å². The predicted octanol–water partition coefficient (Wildman–Crippen LogP) is 1.02. The van der Waals surface area contributed by atoms with E-state index in [2.05, 4.69) is 5.10 Å². The summed E-state index contributed by atoms with van der Waals surface area (Å²) in [5.74, 6) is -0.386. The summed E-state index contributed by atoms with van der Waals surface area (Å²) in [5, 5.41) is 4.27. The van der Waals surface area contributed by atoms with Gasteiger partial charge in [-0.1, -0.05) is 0 Å². The highest BCUT2D eigenvalue weighted by molar-refractivity contribution is 5.93. The van der Waals surface area contributed by atoms with Gasteiger partial charge in [-0.25, -0.2) is 0 Å². The molecule has 0 bridgehead atoms. The summed E-state index contributed by atoms with van der Waals surface area (Å²) < 4.78 is 1.87. The van der Waals surface area contributed by atoms with Crippen molar-refractivity contribution in [3.8, 4) is 0 Å². The van der Waals surface area contributed by atoms with Crippen LogP contribution >= 0.6 is 0 Å². The molecule has 2 rings (SSSR count). The normalized spacial score (nSPS) is 17.0. The van der Waals surface area contributed by atoms with Crippen LogP contribution in [0.15, 0.2) is 6.20 Å². The van der Waals surface area contributed by atoms with E-state index < -0.39 is 0 Å². The third kappa shape index (κ3) is 1.32. The summed E-state index contributed by atoms with van der Waals surface area (Å²) in [6.07, 6.45) is 5.36. The zero-order chi connectivity index (χ0) is 9.42. The van der Waals surface area contributed by atoms with Crippen molar-refractivity contribution in [1.82, 2.24) is 9.78 Å². The molecule has 0 radical (unpaired) electrons. The first-order valence-corrected chi connectivity index (χ1v) is 4.54. The molecule has 1 saturated carbocycles. The molecular formula is C9H13N3O. The predicted molar refractivity (Wildman–Crippen MR) is 48.4 cm³/mol. The van der Waals surface area contributed by atoms with Gasteiger partial charge >= 0.3 is 0 Å². The lowest BCUT2D eigenvalue weighted by molar-refractivity contribution is 0.0999. The van der Waals surface area contributed by atoms with Crippen LogP contribution in [0.1, 0.15) is 41.4 Å². The molecule has 1 heterocycles. The highest BCUT2D eigenvalue weighted by atomic mass is 16.1. The molecule has 1 aromatic rings. The molecule has 1 aliphatic rings. The van der Waals surface area contributed by atoms with Crippen LogP contribution in [0.3, 0.4) is 0 Å². The average molecular weight is 179 g/mol. The minimum Gasteiger partial charge on any atom is -0.365 e. The lowest BCUT2D eigenvalue weighted by Gasteiger charge is -2.25. The molecule has 13 heavy (non-hydrogen) atoms. The Balaban J connectivity index is 2.28. The van der Waals surface area contributed by atoms with Gasteiger partial charge in [0.15, 0.2) is 0 Å². The number of nitrogens with two attached hydrogens (primary N) is 1. The Morgan fingerprint density at radius 3 is 2.77 bits per heavy atom. The van der Waals surface area contributed by atoms with Crippen molar-refractivity contribution in [2.24, 2.45) is 5.73 Å². The van der Waals surface area contributed by atoms with E-state index in [-0.39, 0.29) is 5.91 Å². The number of nitrogens with zero attached hydrogens (tertiary/aromatic N) is 2. The van der Waals surface area contributed by atoms with Crippen molar-refractivity contribution in [3.05, 3.63) is 17.5 Å². The molecule has 1 amide bonds. The van der Waals surface area contributed by atoms with Gasteiger partial charge in [-0.2, -0.15) is 5.10 Å². The molecule has 0 aliphatic heterocycles. The molecule has 0 spiro atoms. The van der Waals surface area contributed by atoms with Crippen LogP contribution in [0.4, 0.5) is 0 Å². The second-order valence-corrected chi connectivity index (χ2v) is 3.56. The van der Waals surface area contributed by atoms with Crippen LogP contribution in [0.25, 0.3) is 0 Å². The average Bonchev–Trinajstić information content (AvgIpc) is 2.27. The van der Waals surface area contributed by atoms with E-state index in [4.69, 9.17) is 5.73 Å². The Morgan fingerprint density at radius 1 is 1.69 bits per heavy atom. The number of amides is 1. The van der Waals surface area contributed by atoms with E-state index >= 15 is 0 Å². The van der Waals surface area contributed by atoms with Gasteiger partial charge in [-0.05, 0) is 26.2 Å². The zero-order valence-corrected chi connectivity index (χ0v) is 7.66. The second-order valence-electron chi connectivity index (χ2n) is 3.56. The Labute approximate surface area is 76.7 Å². The van der Waals surface area contributed by atoms with E-state index in [1.54, 1.807) is 6.20 Å². The number of hydrogen-bond acceptors (Lipinski definition) is 2. The largest absolute Gasteiger partial charge is 0.365 e. The summed E-state index contributed by atoms with van der Waals surface area (Å²) in [5.41, 5.74) is 6.48. The molecule has 4 heteroatoms. The van der Waals surface area contributed by atoms with E-state index in [1.165, 1.54) is 19.3 Å². The molecule has 1 fully saturated rings. The smallest absolute Gasteiger partial charge is 0.252 e. The van der Waals surface area contributed by atoms with Crippen molar-refractivity contribution in [2.45, 2.75) is 32.2 Å². The van der Waals surface area contributed by atoms with E-state index in [0.717, 1.165) is 5.69 Å². The fourth-order valence-electron chi connectivity index (χ4n) is 1.56. The van der Waals surface area contributed by atoms with Gasteiger partial charge in [0.2, 0.25) is 0 Å². The third-order valence-corrected chi connectivity index (χ3v) is 2.63. The maximum Gasteiger partial charge on any atom is 0.252 e. The minimum atomic E-state index is -0.386. The summed E-state index contributed by atoms with van der Waals surface area (Å²) in [7, 11) is 0. The zero-order valence-electron chi connectivity index (χ0n) is 7.66. The van der Waals surface area contributed by atoms with E-state index in [1.807, 2.05) is 11.6 Å². The molecular weight excluding hydrogens is 166 g/mol. The Morgan fingerprint density at radius 2 is 2.38 bits per heavy atom. The molecule has 0 atom stereocenters. The fraction of sp³-hybridized carbons (Fsp3) is 0.556. The lowest BCUT2D eigenvalue weighted by atomic mass is 9.93. The van der Waals surface area contributed by atoms with Gasteiger partial charge in [-0.3, -0.25) is 9.48 Å². The molecule has 0 saturated heterocycles. The van der Waals surface area contributed by atoms with Gasteiger partial charge in [0, 0.05) is 6.20 Å². The number of primary amides is 1. The first kappa shape index (κ1) is 8.29. The summed E-state index contributed by atoms with van der Waals surface area (Å²) in [4.78, 5) is 10.9. The third-order valence-electron chi connectivity index (χ3n) is 2.63. The van der Waals surface area contributed by atoms with Crippen molar-refractivity contribution < 1.29 is 4.79 Å². The number of aromatic nitrogens is 2. The maximum absolute atomic E-state index is 10.9. The molecule has 70 valence electrons. The van der Waals surface area contributed by atoms with Gasteiger partial charge in [0.25, 0.3) is 5.91 Å². The Bertz CT molecular complexity index is 339. The molecule has 1 aliphatic carbocycles. The van der Waals surface area contributed by atoms with Crippen LogP contribution in [-0.4, -0.2) is 15.7 Å². The minimum absolute atomic E-state index is 0.386. The van der Waals surface area contributed by atoms with Crippen LogP contribution in [0.5, 0.6) is 0 Å². The monoisotopic (exact) mass is 179 g/mol. The number of carbonyl (C=O) groups is 1. The highest BCUT2D eigenvalue weighted by Crippen LogP contribution is 2.31. The van der Waals surface area contributed by atoms with E-state index in [9.17, 15) is 4.79 Å². The van der Waals surface area contributed by atoms with Crippen LogP contribution in [-0.2, 0) is 0 Å². The summed E-state index contributed by atoms with van der Waals surface area (Å²) >= 11 is 0. The van der Waals surface area contributed by atoms with Crippen LogP contribution in [0, 0.1) is 6.92 Å². The first-order valence-electron chi connectivity index (χ1n) is 4.54. The molecule has 0 aromatic carbocycles. The second kappa shape index (κ2) is 2.87. The van der Waals surface area contributed by atoms with Gasteiger partial charge in [0.05, 0.1) is 17.3 Å². The maximum atomic E-state index is 10.9. The Kier molecular flexibility index (Phi) is 1.83.